The third-order valence-electron chi connectivity index (χ3n) is 4.72. The Bertz CT molecular complexity index is 1080. The van der Waals surface area contributed by atoms with Gasteiger partial charge in [0.15, 0.2) is 17.3 Å². The van der Waals surface area contributed by atoms with E-state index in [0.29, 0.717) is 42.9 Å². The molecule has 1 fully saturated rings. The molecule has 5 rings (SSSR count). The minimum atomic E-state index is -0.147. The number of amides is 1. The molecule has 0 bridgehead atoms. The first-order chi connectivity index (χ1) is 14.3. The number of rotatable bonds is 5. The van der Waals surface area contributed by atoms with Gasteiger partial charge in [-0.15, -0.1) is 11.3 Å². The van der Waals surface area contributed by atoms with Gasteiger partial charge in [-0.05, 0) is 23.6 Å². The van der Waals surface area contributed by atoms with E-state index in [0.717, 1.165) is 18.0 Å². The maximum atomic E-state index is 12.7. The van der Waals surface area contributed by atoms with E-state index in [1.807, 2.05) is 17.5 Å². The number of hydrogen-bond acceptors (Lipinski definition) is 9. The number of thiophene rings is 1. The van der Waals surface area contributed by atoms with Crippen molar-refractivity contribution < 1.29 is 18.3 Å². The van der Waals surface area contributed by atoms with E-state index >= 15 is 0 Å². The van der Waals surface area contributed by atoms with E-state index in [1.54, 1.807) is 40.7 Å². The summed E-state index contributed by atoms with van der Waals surface area (Å²) in [5, 5.41) is 9.93. The van der Waals surface area contributed by atoms with Crippen LogP contribution in [-0.4, -0.2) is 57.2 Å². The maximum Gasteiger partial charge on any atom is 0.276 e. The lowest BCUT2D eigenvalue weighted by Crippen LogP contribution is -2.48. The molecule has 0 spiro atoms. The molecule has 0 atom stereocenters. The Morgan fingerprint density at radius 3 is 2.72 bits per heavy atom. The molecule has 4 aromatic heterocycles. The van der Waals surface area contributed by atoms with Gasteiger partial charge in [-0.1, -0.05) is 16.4 Å². The van der Waals surface area contributed by atoms with Gasteiger partial charge >= 0.3 is 0 Å². The van der Waals surface area contributed by atoms with E-state index in [9.17, 15) is 4.79 Å². The lowest BCUT2D eigenvalue weighted by molar-refractivity contribution is 0.0614. The third kappa shape index (κ3) is 3.71. The molecular weight excluding hydrogens is 394 g/mol. The zero-order chi connectivity index (χ0) is 19.6. The van der Waals surface area contributed by atoms with Crippen LogP contribution in [0, 0.1) is 0 Å². The van der Waals surface area contributed by atoms with E-state index in [-0.39, 0.29) is 11.6 Å². The zero-order valence-corrected chi connectivity index (χ0v) is 16.2. The smallest absolute Gasteiger partial charge is 0.276 e. The van der Waals surface area contributed by atoms with E-state index < -0.39 is 0 Å². The maximum absolute atomic E-state index is 12.7. The number of carbonyl (C=O) groups is 1. The Balaban J connectivity index is 1.17. The van der Waals surface area contributed by atoms with Crippen LogP contribution in [0.25, 0.3) is 22.3 Å². The lowest BCUT2D eigenvalue weighted by atomic mass is 10.2. The first-order valence-corrected chi connectivity index (χ1v) is 10.0. The van der Waals surface area contributed by atoms with Gasteiger partial charge in [0.2, 0.25) is 5.76 Å². The largest absolute Gasteiger partial charge is 0.461 e. The van der Waals surface area contributed by atoms with Crippen molar-refractivity contribution in [1.29, 1.82) is 0 Å². The number of piperazine rings is 1. The summed E-state index contributed by atoms with van der Waals surface area (Å²) >= 11 is 1.56. The van der Waals surface area contributed by atoms with Crippen molar-refractivity contribution in [2.75, 3.05) is 26.2 Å². The highest BCUT2D eigenvalue weighted by Gasteiger charge is 2.26. The molecule has 9 nitrogen and oxygen atoms in total. The Morgan fingerprint density at radius 2 is 1.97 bits per heavy atom. The summed E-state index contributed by atoms with van der Waals surface area (Å²) in [4.78, 5) is 22.1. The molecule has 0 radical (unpaired) electrons. The summed E-state index contributed by atoms with van der Waals surface area (Å²) in [7, 11) is 0. The van der Waals surface area contributed by atoms with Gasteiger partial charge in [0.25, 0.3) is 11.8 Å². The molecule has 1 amide bonds. The fourth-order valence-corrected chi connectivity index (χ4v) is 3.85. The summed E-state index contributed by atoms with van der Waals surface area (Å²) in [6.07, 6.45) is 1.55. The average molecular weight is 411 g/mol. The van der Waals surface area contributed by atoms with Crippen molar-refractivity contribution >= 4 is 17.2 Å². The monoisotopic (exact) mass is 411 g/mol. The predicted octanol–water partition coefficient (Wildman–Crippen LogP) is 3.00. The molecule has 0 unspecified atom stereocenters. The van der Waals surface area contributed by atoms with Gasteiger partial charge < -0.3 is 18.4 Å². The molecule has 0 N–H and O–H groups in total. The predicted molar refractivity (Wildman–Crippen MR) is 103 cm³/mol. The Labute approximate surface area is 169 Å². The molecule has 0 aromatic carbocycles. The SMILES string of the molecule is O=C(c1cc(-c2ccco2)on1)N1CCN(Cc2noc(-c3cccs3)n2)CC1. The van der Waals surface area contributed by atoms with E-state index in [2.05, 4.69) is 20.2 Å². The lowest BCUT2D eigenvalue weighted by Gasteiger charge is -2.33. The average Bonchev–Trinajstić information content (AvgIpc) is 3.55. The minimum absolute atomic E-state index is 0.147. The first kappa shape index (κ1) is 17.8. The zero-order valence-electron chi connectivity index (χ0n) is 15.4. The molecule has 10 heteroatoms. The van der Waals surface area contributed by atoms with Crippen molar-refractivity contribution in [2.24, 2.45) is 0 Å². The summed E-state index contributed by atoms with van der Waals surface area (Å²) < 4.78 is 15.8. The molecule has 1 saturated heterocycles. The minimum Gasteiger partial charge on any atom is -0.461 e. The summed E-state index contributed by atoms with van der Waals surface area (Å²) in [5.74, 6) is 2.03. The van der Waals surface area contributed by atoms with Crippen LogP contribution in [0.2, 0.25) is 0 Å². The van der Waals surface area contributed by atoms with Crippen molar-refractivity contribution in [1.82, 2.24) is 25.1 Å². The summed E-state index contributed by atoms with van der Waals surface area (Å²) in [5.41, 5.74) is 0.281. The third-order valence-corrected chi connectivity index (χ3v) is 5.58. The molecule has 1 aliphatic rings. The molecule has 29 heavy (non-hydrogen) atoms. The van der Waals surface area contributed by atoms with Crippen LogP contribution in [0.1, 0.15) is 16.3 Å². The van der Waals surface area contributed by atoms with Gasteiger partial charge in [-0.25, -0.2) is 0 Å². The van der Waals surface area contributed by atoms with Crippen LogP contribution in [0.4, 0.5) is 0 Å². The Kier molecular flexibility index (Phi) is 4.70. The van der Waals surface area contributed by atoms with Crippen molar-refractivity contribution in [3.8, 4) is 22.3 Å². The number of carbonyl (C=O) groups excluding carboxylic acids is 1. The quantitative estimate of drug-likeness (QED) is 0.494. The van der Waals surface area contributed by atoms with Gasteiger partial charge in [0, 0.05) is 32.2 Å². The molecular formula is C19H17N5O4S. The van der Waals surface area contributed by atoms with Crippen LogP contribution in [0.5, 0.6) is 0 Å². The summed E-state index contributed by atoms with van der Waals surface area (Å²) in [6.45, 7) is 3.22. The second kappa shape index (κ2) is 7.64. The van der Waals surface area contributed by atoms with Crippen LogP contribution >= 0.6 is 11.3 Å². The Hall–Kier alpha value is -3.24. The second-order valence-electron chi connectivity index (χ2n) is 6.62. The summed E-state index contributed by atoms with van der Waals surface area (Å²) in [6, 6.07) is 9.03. The molecule has 0 aliphatic carbocycles. The number of furan rings is 1. The highest BCUT2D eigenvalue weighted by Crippen LogP contribution is 2.23. The molecule has 148 valence electrons. The van der Waals surface area contributed by atoms with Crippen molar-refractivity contribution in [2.45, 2.75) is 6.54 Å². The molecule has 1 aliphatic heterocycles. The topological polar surface area (TPSA) is 102 Å². The van der Waals surface area contributed by atoms with Crippen molar-refractivity contribution in [3.63, 3.8) is 0 Å². The van der Waals surface area contributed by atoms with Crippen LogP contribution in [0.3, 0.4) is 0 Å². The number of hydrogen-bond donors (Lipinski definition) is 0. The van der Waals surface area contributed by atoms with E-state index in [4.69, 9.17) is 13.5 Å². The number of nitrogens with zero attached hydrogens (tertiary/aromatic N) is 5. The van der Waals surface area contributed by atoms with Crippen LogP contribution in [-0.2, 0) is 6.54 Å². The number of aromatic nitrogens is 3. The highest BCUT2D eigenvalue weighted by molar-refractivity contribution is 7.13. The van der Waals surface area contributed by atoms with Gasteiger partial charge in [-0.3, -0.25) is 9.69 Å². The fraction of sp³-hybridized carbons (Fsp3) is 0.263. The van der Waals surface area contributed by atoms with Crippen LogP contribution in [0.15, 0.2) is 55.4 Å². The Morgan fingerprint density at radius 1 is 1.07 bits per heavy atom. The van der Waals surface area contributed by atoms with Crippen molar-refractivity contribution in [3.05, 3.63) is 53.5 Å². The highest BCUT2D eigenvalue weighted by atomic mass is 32.1. The van der Waals surface area contributed by atoms with Gasteiger partial charge in [-0.2, -0.15) is 4.98 Å². The molecule has 5 heterocycles. The fourth-order valence-electron chi connectivity index (χ4n) is 3.20. The molecule has 4 aromatic rings. The van der Waals surface area contributed by atoms with E-state index in [1.165, 1.54) is 0 Å². The van der Waals surface area contributed by atoms with Crippen LogP contribution < -0.4 is 0 Å². The van der Waals surface area contributed by atoms with Gasteiger partial charge in [0.1, 0.15) is 0 Å². The van der Waals surface area contributed by atoms with Gasteiger partial charge in [0.05, 0.1) is 17.7 Å². The second-order valence-corrected chi connectivity index (χ2v) is 7.56. The normalized spacial score (nSPS) is 15.1. The standard InChI is InChI=1S/C19H17N5O4S/c25-19(13-11-15(27-21-13)14-3-1-9-26-14)24-7-5-23(6-8-24)12-17-20-18(28-22-17)16-4-2-10-29-16/h1-4,9-11H,5-8,12H2. The molecule has 0 saturated carbocycles. The first-order valence-electron chi connectivity index (χ1n) is 9.15.